The average molecular weight is 420 g/mol. The minimum absolute atomic E-state index is 0.0724. The summed E-state index contributed by atoms with van der Waals surface area (Å²) in [4.78, 5) is 19.0. The molecule has 0 unspecified atom stereocenters. The number of quaternary nitrogens is 1. The van der Waals surface area contributed by atoms with Gasteiger partial charge in [0, 0.05) is 17.6 Å². The van der Waals surface area contributed by atoms with Gasteiger partial charge in [-0.1, -0.05) is 12.1 Å². The molecule has 0 atom stereocenters. The largest absolute Gasteiger partial charge is 0.328 e. The first-order chi connectivity index (χ1) is 13.3. The number of piperazine rings is 1. The molecule has 1 saturated heterocycles. The molecule has 7 nitrogen and oxygen atoms in total. The molecule has 0 spiro atoms. The van der Waals surface area contributed by atoms with Crippen molar-refractivity contribution >= 4 is 26.3 Å². The van der Waals surface area contributed by atoms with E-state index in [1.54, 1.807) is 22.6 Å². The number of hydrogen-bond acceptors (Lipinski definition) is 5. The molecule has 1 fully saturated rings. The number of nitrogens with one attached hydrogen (secondary N) is 1. The fourth-order valence-electron chi connectivity index (χ4n) is 3.58. The zero-order valence-corrected chi connectivity index (χ0v) is 17.5. The highest BCUT2D eigenvalue weighted by Gasteiger charge is 2.31. The third-order valence-corrected chi connectivity index (χ3v) is 7.98. The molecule has 0 aliphatic carbocycles. The molecule has 28 heavy (non-hydrogen) atoms. The number of hydrogen-bond donors (Lipinski definition) is 1. The normalized spacial score (nSPS) is 16.6. The van der Waals surface area contributed by atoms with Crippen molar-refractivity contribution in [2.75, 3.05) is 26.2 Å². The van der Waals surface area contributed by atoms with Gasteiger partial charge in [0.2, 0.25) is 10.0 Å². The summed E-state index contributed by atoms with van der Waals surface area (Å²) < 4.78 is 29.2. The van der Waals surface area contributed by atoms with Gasteiger partial charge >= 0.3 is 0 Å². The summed E-state index contributed by atoms with van der Waals surface area (Å²) >= 11 is 1.44. The molecule has 9 heteroatoms. The van der Waals surface area contributed by atoms with Crippen molar-refractivity contribution in [3.8, 4) is 0 Å². The van der Waals surface area contributed by atoms with Gasteiger partial charge in [0.15, 0.2) is 4.96 Å². The SMILES string of the molecule is Cc1ccc(C)c(S(=O)(=O)N2CC[NH+](Cc3cc(=O)n4ccsc4n3)CC2)c1. The molecule has 1 aliphatic heterocycles. The van der Waals surface area contributed by atoms with E-state index in [1.165, 1.54) is 20.6 Å². The molecule has 0 bridgehead atoms. The topological polar surface area (TPSA) is 76.2 Å². The first kappa shape index (κ1) is 19.3. The van der Waals surface area contributed by atoms with E-state index in [0.717, 1.165) is 16.8 Å². The molecular formula is C19H23N4O3S2+. The van der Waals surface area contributed by atoms with Crippen molar-refractivity contribution in [1.82, 2.24) is 13.7 Å². The van der Waals surface area contributed by atoms with E-state index in [0.29, 0.717) is 42.6 Å². The predicted octanol–water partition coefficient (Wildman–Crippen LogP) is 0.462. The second-order valence-electron chi connectivity index (χ2n) is 7.24. The predicted molar refractivity (Wildman–Crippen MR) is 108 cm³/mol. The fraction of sp³-hybridized carbons (Fsp3) is 0.368. The van der Waals surface area contributed by atoms with Crippen LogP contribution in [0.25, 0.3) is 4.96 Å². The first-order valence-corrected chi connectivity index (χ1v) is 11.5. The Balaban J connectivity index is 1.46. The molecule has 1 aromatic carbocycles. The summed E-state index contributed by atoms with van der Waals surface area (Å²) in [6, 6.07) is 7.11. The standard InChI is InChI=1S/C19H22N4O3S2/c1-14-3-4-15(2)17(11-14)28(25,26)22-7-5-21(6-8-22)13-16-12-18(24)23-9-10-27-19(23)20-16/h3-4,9-12H,5-8,13H2,1-2H3/p+1. The zero-order valence-electron chi connectivity index (χ0n) is 15.9. The monoisotopic (exact) mass is 419 g/mol. The Bertz CT molecular complexity index is 1180. The van der Waals surface area contributed by atoms with E-state index in [4.69, 9.17) is 0 Å². The molecule has 0 saturated carbocycles. The summed E-state index contributed by atoms with van der Waals surface area (Å²) in [5.74, 6) is 0. The Morgan fingerprint density at radius 3 is 2.68 bits per heavy atom. The molecule has 3 heterocycles. The number of benzene rings is 1. The van der Waals surface area contributed by atoms with Gasteiger partial charge in [0.05, 0.1) is 31.1 Å². The first-order valence-electron chi connectivity index (χ1n) is 9.21. The van der Waals surface area contributed by atoms with Gasteiger partial charge in [-0.3, -0.25) is 9.20 Å². The minimum atomic E-state index is -3.49. The van der Waals surface area contributed by atoms with Crippen LogP contribution in [0.4, 0.5) is 0 Å². The lowest BCUT2D eigenvalue weighted by Crippen LogP contribution is -3.13. The molecule has 148 valence electrons. The average Bonchev–Trinajstić information content (AvgIpc) is 3.13. The fourth-order valence-corrected chi connectivity index (χ4v) is 6.07. The lowest BCUT2D eigenvalue weighted by Gasteiger charge is -2.31. The molecule has 1 N–H and O–H groups in total. The van der Waals surface area contributed by atoms with Crippen LogP contribution in [-0.4, -0.2) is 48.3 Å². The number of fused-ring (bicyclic) bond motifs is 1. The van der Waals surface area contributed by atoms with Gasteiger partial charge in [0.25, 0.3) is 5.56 Å². The van der Waals surface area contributed by atoms with Crippen molar-refractivity contribution in [2.45, 2.75) is 25.3 Å². The number of aromatic nitrogens is 2. The van der Waals surface area contributed by atoms with Crippen LogP contribution >= 0.6 is 11.3 Å². The van der Waals surface area contributed by atoms with E-state index in [2.05, 4.69) is 4.98 Å². The Hall–Kier alpha value is -2.07. The van der Waals surface area contributed by atoms with E-state index in [1.807, 2.05) is 31.4 Å². The van der Waals surface area contributed by atoms with E-state index >= 15 is 0 Å². The molecule has 0 radical (unpaired) electrons. The van der Waals surface area contributed by atoms with Crippen molar-refractivity contribution in [2.24, 2.45) is 0 Å². The van der Waals surface area contributed by atoms with Gasteiger partial charge in [-0.05, 0) is 31.0 Å². The lowest BCUT2D eigenvalue weighted by atomic mass is 10.2. The summed E-state index contributed by atoms with van der Waals surface area (Å²) in [6.07, 6.45) is 1.73. The second-order valence-corrected chi connectivity index (χ2v) is 10.0. The highest BCUT2D eigenvalue weighted by atomic mass is 32.2. The zero-order chi connectivity index (χ0) is 19.9. The highest BCUT2D eigenvalue weighted by Crippen LogP contribution is 2.21. The second kappa shape index (κ2) is 7.40. The number of aryl methyl sites for hydroxylation is 2. The third kappa shape index (κ3) is 3.62. The van der Waals surface area contributed by atoms with Gasteiger partial charge in [0.1, 0.15) is 12.2 Å². The Kier molecular flexibility index (Phi) is 5.09. The van der Waals surface area contributed by atoms with E-state index in [-0.39, 0.29) is 5.56 Å². The van der Waals surface area contributed by atoms with E-state index in [9.17, 15) is 13.2 Å². The highest BCUT2D eigenvalue weighted by molar-refractivity contribution is 7.89. The van der Waals surface area contributed by atoms with Crippen LogP contribution in [0.5, 0.6) is 0 Å². The van der Waals surface area contributed by atoms with Gasteiger partial charge < -0.3 is 4.90 Å². The lowest BCUT2D eigenvalue weighted by molar-refractivity contribution is -0.917. The van der Waals surface area contributed by atoms with Crippen molar-refractivity contribution in [3.63, 3.8) is 0 Å². The van der Waals surface area contributed by atoms with Gasteiger partial charge in [-0.25, -0.2) is 13.4 Å². The van der Waals surface area contributed by atoms with Crippen LogP contribution in [0.2, 0.25) is 0 Å². The van der Waals surface area contributed by atoms with Crippen molar-refractivity contribution < 1.29 is 13.3 Å². The summed E-state index contributed by atoms with van der Waals surface area (Å²) in [7, 11) is -3.49. The molecule has 3 aromatic rings. The maximum absolute atomic E-state index is 13.0. The summed E-state index contributed by atoms with van der Waals surface area (Å²) in [5, 5.41) is 1.84. The Labute approximate surface area is 167 Å². The Morgan fingerprint density at radius 2 is 1.93 bits per heavy atom. The summed E-state index contributed by atoms with van der Waals surface area (Å²) in [5.41, 5.74) is 2.40. The van der Waals surface area contributed by atoms with Crippen LogP contribution in [0.3, 0.4) is 0 Å². The van der Waals surface area contributed by atoms with Crippen LogP contribution in [0, 0.1) is 13.8 Å². The molecule has 0 amide bonds. The van der Waals surface area contributed by atoms with Crippen LogP contribution in [-0.2, 0) is 16.6 Å². The van der Waals surface area contributed by atoms with Crippen molar-refractivity contribution in [3.05, 3.63) is 63.0 Å². The number of sulfonamides is 1. The van der Waals surface area contributed by atoms with Crippen LogP contribution in [0.1, 0.15) is 16.8 Å². The third-order valence-electron chi connectivity index (χ3n) is 5.18. The number of nitrogens with zero attached hydrogens (tertiary/aromatic N) is 3. The van der Waals surface area contributed by atoms with Gasteiger partial charge in [-0.15, -0.1) is 11.3 Å². The molecule has 2 aromatic heterocycles. The quantitative estimate of drug-likeness (QED) is 0.667. The summed E-state index contributed by atoms with van der Waals surface area (Å²) in [6.45, 7) is 6.67. The van der Waals surface area contributed by atoms with Crippen LogP contribution in [0.15, 0.2) is 45.5 Å². The van der Waals surface area contributed by atoms with Gasteiger partial charge in [-0.2, -0.15) is 4.31 Å². The smallest absolute Gasteiger partial charge is 0.258 e. The number of thiazole rings is 1. The molecule has 4 rings (SSSR count). The maximum atomic E-state index is 13.0. The molecular weight excluding hydrogens is 396 g/mol. The van der Waals surface area contributed by atoms with Crippen molar-refractivity contribution in [1.29, 1.82) is 0 Å². The Morgan fingerprint density at radius 1 is 1.18 bits per heavy atom. The van der Waals surface area contributed by atoms with Crippen LogP contribution < -0.4 is 10.5 Å². The van der Waals surface area contributed by atoms with E-state index < -0.39 is 10.0 Å². The number of rotatable bonds is 4. The minimum Gasteiger partial charge on any atom is -0.328 e. The maximum Gasteiger partial charge on any atom is 0.258 e. The molecule has 1 aliphatic rings.